The molecular formula is C20H17Cl3N4O. The third kappa shape index (κ3) is 3.50. The molecule has 0 atom stereocenters. The van der Waals surface area contributed by atoms with E-state index in [2.05, 4.69) is 9.88 Å². The lowest BCUT2D eigenvalue weighted by atomic mass is 10.1. The number of carbonyl (C=O) groups is 1. The first-order valence-electron chi connectivity index (χ1n) is 8.87. The number of aryl methyl sites for hydroxylation is 1. The van der Waals surface area contributed by atoms with Gasteiger partial charge in [0.05, 0.1) is 37.4 Å². The SMILES string of the molecule is Cc1nc2ccccc2nc1N1CCN(C(=O)c2c(Cl)ccc(Cl)c2Cl)CC1. The normalized spacial score (nSPS) is 14.6. The quantitative estimate of drug-likeness (QED) is 0.539. The average Bonchev–Trinajstić information content (AvgIpc) is 2.70. The summed E-state index contributed by atoms with van der Waals surface area (Å²) in [7, 11) is 0. The Labute approximate surface area is 177 Å². The molecule has 3 aromatic rings. The van der Waals surface area contributed by atoms with E-state index < -0.39 is 0 Å². The summed E-state index contributed by atoms with van der Waals surface area (Å²) in [5.74, 6) is 0.642. The summed E-state index contributed by atoms with van der Waals surface area (Å²) < 4.78 is 0. The Bertz CT molecular complexity index is 1060. The van der Waals surface area contributed by atoms with Crippen LogP contribution in [-0.2, 0) is 0 Å². The lowest BCUT2D eigenvalue weighted by Crippen LogP contribution is -2.49. The third-order valence-corrected chi connectivity index (χ3v) is 5.96. The lowest BCUT2D eigenvalue weighted by Gasteiger charge is -2.36. The molecule has 0 unspecified atom stereocenters. The Morgan fingerprint density at radius 3 is 2.18 bits per heavy atom. The second kappa shape index (κ2) is 7.74. The number of carbonyl (C=O) groups excluding carboxylic acids is 1. The van der Waals surface area contributed by atoms with Gasteiger partial charge in [-0.3, -0.25) is 4.79 Å². The predicted molar refractivity (Wildman–Crippen MR) is 114 cm³/mol. The molecule has 0 aliphatic carbocycles. The Balaban J connectivity index is 1.53. The molecule has 1 saturated heterocycles. The highest BCUT2D eigenvalue weighted by molar-refractivity contribution is 6.46. The van der Waals surface area contributed by atoms with Crippen molar-refractivity contribution in [1.82, 2.24) is 14.9 Å². The number of hydrogen-bond donors (Lipinski definition) is 0. The number of hydrogen-bond acceptors (Lipinski definition) is 4. The van der Waals surface area contributed by atoms with Gasteiger partial charge in [-0.1, -0.05) is 46.9 Å². The van der Waals surface area contributed by atoms with Crippen molar-refractivity contribution >= 4 is 57.6 Å². The number of amides is 1. The van der Waals surface area contributed by atoms with Crippen LogP contribution in [0.4, 0.5) is 5.82 Å². The van der Waals surface area contributed by atoms with Crippen LogP contribution in [-0.4, -0.2) is 47.0 Å². The fourth-order valence-corrected chi connectivity index (χ4v) is 4.07. The summed E-state index contributed by atoms with van der Waals surface area (Å²) in [6, 6.07) is 11.0. The van der Waals surface area contributed by atoms with Crippen molar-refractivity contribution in [3.63, 3.8) is 0 Å². The van der Waals surface area contributed by atoms with Gasteiger partial charge in [0, 0.05) is 26.2 Å². The minimum Gasteiger partial charge on any atom is -0.352 e. The molecule has 1 aromatic heterocycles. The molecule has 144 valence electrons. The average molecular weight is 436 g/mol. The van der Waals surface area contributed by atoms with Crippen LogP contribution in [0.1, 0.15) is 16.1 Å². The summed E-state index contributed by atoms with van der Waals surface area (Å²) >= 11 is 18.5. The molecular weight excluding hydrogens is 419 g/mol. The second-order valence-corrected chi connectivity index (χ2v) is 7.81. The Kier molecular flexibility index (Phi) is 5.32. The van der Waals surface area contributed by atoms with Crippen molar-refractivity contribution < 1.29 is 4.79 Å². The molecule has 1 fully saturated rings. The highest BCUT2D eigenvalue weighted by atomic mass is 35.5. The van der Waals surface area contributed by atoms with E-state index in [-0.39, 0.29) is 16.5 Å². The Morgan fingerprint density at radius 1 is 0.893 bits per heavy atom. The van der Waals surface area contributed by atoms with Gasteiger partial charge in [-0.15, -0.1) is 0 Å². The van der Waals surface area contributed by atoms with Crippen LogP contribution in [0.5, 0.6) is 0 Å². The molecule has 2 heterocycles. The van der Waals surface area contributed by atoms with Crippen LogP contribution in [0.15, 0.2) is 36.4 Å². The molecule has 0 bridgehead atoms. The molecule has 2 aromatic carbocycles. The van der Waals surface area contributed by atoms with Gasteiger partial charge in [0.1, 0.15) is 0 Å². The van der Waals surface area contributed by atoms with E-state index in [0.29, 0.717) is 36.2 Å². The fourth-order valence-electron chi connectivity index (χ4n) is 3.38. The van der Waals surface area contributed by atoms with Crippen LogP contribution in [0.2, 0.25) is 15.1 Å². The third-order valence-electron chi connectivity index (χ3n) is 4.84. The second-order valence-electron chi connectivity index (χ2n) is 6.62. The summed E-state index contributed by atoms with van der Waals surface area (Å²) in [4.78, 5) is 26.2. The van der Waals surface area contributed by atoms with Crippen LogP contribution in [0.25, 0.3) is 11.0 Å². The lowest BCUT2D eigenvalue weighted by molar-refractivity contribution is 0.0747. The molecule has 1 aliphatic heterocycles. The number of rotatable bonds is 2. The molecule has 5 nitrogen and oxygen atoms in total. The molecule has 4 rings (SSSR count). The molecule has 1 amide bonds. The predicted octanol–water partition coefficient (Wildman–Crippen LogP) is 4.86. The van der Waals surface area contributed by atoms with Crippen LogP contribution < -0.4 is 4.90 Å². The first-order valence-corrected chi connectivity index (χ1v) is 10.00. The summed E-state index contributed by atoms with van der Waals surface area (Å²) in [5.41, 5.74) is 2.87. The van der Waals surface area contributed by atoms with Crippen molar-refractivity contribution in [2.45, 2.75) is 6.92 Å². The monoisotopic (exact) mass is 434 g/mol. The number of para-hydroxylation sites is 2. The van der Waals surface area contributed by atoms with Gasteiger partial charge in [-0.25, -0.2) is 9.97 Å². The maximum absolute atomic E-state index is 12.9. The van der Waals surface area contributed by atoms with E-state index in [4.69, 9.17) is 39.8 Å². The largest absolute Gasteiger partial charge is 0.352 e. The molecule has 28 heavy (non-hydrogen) atoms. The maximum atomic E-state index is 12.9. The summed E-state index contributed by atoms with van der Waals surface area (Å²) in [5, 5.41) is 0.811. The van der Waals surface area contributed by atoms with Crippen molar-refractivity contribution in [2.75, 3.05) is 31.1 Å². The van der Waals surface area contributed by atoms with E-state index in [9.17, 15) is 4.79 Å². The van der Waals surface area contributed by atoms with E-state index in [1.807, 2.05) is 31.2 Å². The first-order chi connectivity index (χ1) is 13.5. The van der Waals surface area contributed by atoms with Crippen molar-refractivity contribution in [1.29, 1.82) is 0 Å². The molecule has 0 N–H and O–H groups in total. The van der Waals surface area contributed by atoms with Gasteiger partial charge < -0.3 is 9.80 Å². The van der Waals surface area contributed by atoms with Gasteiger partial charge >= 0.3 is 0 Å². The number of aromatic nitrogens is 2. The highest BCUT2D eigenvalue weighted by Gasteiger charge is 2.27. The van der Waals surface area contributed by atoms with Crippen molar-refractivity contribution in [2.24, 2.45) is 0 Å². The van der Waals surface area contributed by atoms with Gasteiger partial charge in [-0.2, -0.15) is 0 Å². The number of anilines is 1. The molecule has 1 aliphatic rings. The van der Waals surface area contributed by atoms with Gasteiger partial charge in [-0.05, 0) is 31.2 Å². The summed E-state index contributed by atoms with van der Waals surface area (Å²) in [6.45, 7) is 4.32. The standard InChI is InChI=1S/C20H17Cl3N4O/c1-12-19(25-16-5-3-2-4-15(16)24-12)26-8-10-27(11-9-26)20(28)17-13(21)6-7-14(22)18(17)23/h2-7H,8-11H2,1H3. The number of benzene rings is 2. The minimum absolute atomic E-state index is 0.192. The van der Waals surface area contributed by atoms with E-state index in [1.165, 1.54) is 0 Å². The molecule has 0 radical (unpaired) electrons. The smallest absolute Gasteiger partial charge is 0.257 e. The zero-order valence-electron chi connectivity index (χ0n) is 15.1. The fraction of sp³-hybridized carbons (Fsp3) is 0.250. The van der Waals surface area contributed by atoms with Crippen LogP contribution in [0.3, 0.4) is 0 Å². The van der Waals surface area contributed by atoms with Gasteiger partial charge in [0.2, 0.25) is 0 Å². The van der Waals surface area contributed by atoms with Crippen molar-refractivity contribution in [3.8, 4) is 0 Å². The van der Waals surface area contributed by atoms with Crippen molar-refractivity contribution in [3.05, 3.63) is 62.7 Å². The van der Waals surface area contributed by atoms with E-state index in [1.54, 1.807) is 17.0 Å². The zero-order valence-corrected chi connectivity index (χ0v) is 17.4. The van der Waals surface area contributed by atoms with Gasteiger partial charge in [0.15, 0.2) is 5.82 Å². The zero-order chi connectivity index (χ0) is 19.8. The molecule has 8 heteroatoms. The number of fused-ring (bicyclic) bond motifs is 1. The molecule has 0 spiro atoms. The first kappa shape index (κ1) is 19.2. The molecule has 0 saturated carbocycles. The number of halogens is 3. The van der Waals surface area contributed by atoms with Crippen LogP contribution in [0, 0.1) is 6.92 Å². The van der Waals surface area contributed by atoms with Crippen LogP contribution >= 0.6 is 34.8 Å². The maximum Gasteiger partial charge on any atom is 0.257 e. The minimum atomic E-state index is -0.210. The summed E-state index contributed by atoms with van der Waals surface area (Å²) in [6.07, 6.45) is 0. The van der Waals surface area contributed by atoms with Gasteiger partial charge in [0.25, 0.3) is 5.91 Å². The number of nitrogens with zero attached hydrogens (tertiary/aromatic N) is 4. The Hall–Kier alpha value is -2.08. The van der Waals surface area contributed by atoms with E-state index >= 15 is 0 Å². The van der Waals surface area contributed by atoms with E-state index in [0.717, 1.165) is 22.5 Å². The number of piperazine rings is 1. The topological polar surface area (TPSA) is 49.3 Å². The highest BCUT2D eigenvalue weighted by Crippen LogP contribution is 2.32. The Morgan fingerprint density at radius 2 is 1.50 bits per heavy atom.